The highest BCUT2D eigenvalue weighted by Crippen LogP contribution is 2.21. The van der Waals surface area contributed by atoms with Crippen LogP contribution >= 0.6 is 0 Å². The van der Waals surface area contributed by atoms with Crippen LogP contribution in [0.4, 0.5) is 4.39 Å². The lowest BCUT2D eigenvalue weighted by atomic mass is 9.94. The first-order valence-corrected chi connectivity index (χ1v) is 6.87. The zero-order valence-electron chi connectivity index (χ0n) is 11.4. The van der Waals surface area contributed by atoms with E-state index in [4.69, 9.17) is 5.73 Å². The van der Waals surface area contributed by atoms with Gasteiger partial charge in [0.1, 0.15) is 5.82 Å². The van der Waals surface area contributed by atoms with Crippen LogP contribution in [-0.4, -0.2) is 30.4 Å². The van der Waals surface area contributed by atoms with Crippen molar-refractivity contribution in [1.29, 1.82) is 0 Å². The Bertz CT molecular complexity index is 459. The first-order valence-electron chi connectivity index (χ1n) is 6.87. The van der Waals surface area contributed by atoms with Crippen LogP contribution in [0.3, 0.4) is 0 Å². The van der Waals surface area contributed by atoms with E-state index in [1.54, 1.807) is 19.1 Å². The molecule has 0 bridgehead atoms. The maximum atomic E-state index is 13.2. The summed E-state index contributed by atoms with van der Waals surface area (Å²) in [7, 11) is 0. The van der Waals surface area contributed by atoms with Gasteiger partial charge in [0.2, 0.25) is 0 Å². The first-order chi connectivity index (χ1) is 9.11. The summed E-state index contributed by atoms with van der Waals surface area (Å²) in [6.45, 7) is 3.91. The summed E-state index contributed by atoms with van der Waals surface area (Å²) in [6.07, 6.45) is 3.13. The smallest absolute Gasteiger partial charge is 0.253 e. The van der Waals surface area contributed by atoms with Crippen molar-refractivity contribution in [2.75, 3.05) is 19.6 Å². The summed E-state index contributed by atoms with van der Waals surface area (Å²) in [4.78, 5) is 14.3. The molecule has 3 nitrogen and oxygen atoms in total. The highest BCUT2D eigenvalue weighted by Gasteiger charge is 2.24. The molecule has 1 amide bonds. The van der Waals surface area contributed by atoms with Gasteiger partial charge in [0.25, 0.3) is 5.91 Å². The Labute approximate surface area is 113 Å². The molecule has 0 radical (unpaired) electrons. The molecular formula is C15H21FN2O. The molecular weight excluding hydrogens is 243 g/mol. The molecule has 1 fully saturated rings. The molecule has 0 spiro atoms. The zero-order valence-corrected chi connectivity index (χ0v) is 11.4. The van der Waals surface area contributed by atoms with Crippen LogP contribution in [0.5, 0.6) is 0 Å². The standard InChI is InChI=1S/C15H21FN2O/c1-11-9-13(4-5-14(11)16)15(19)18-8-2-3-12(10-18)6-7-17/h4-5,9,12H,2-3,6-8,10,17H2,1H3. The van der Waals surface area contributed by atoms with Crippen molar-refractivity contribution in [3.8, 4) is 0 Å². The Balaban J connectivity index is 2.08. The van der Waals surface area contributed by atoms with E-state index < -0.39 is 0 Å². The van der Waals surface area contributed by atoms with Crippen molar-refractivity contribution in [3.05, 3.63) is 35.1 Å². The second kappa shape index (κ2) is 6.15. The third-order valence-corrected chi connectivity index (χ3v) is 3.79. The molecule has 2 N–H and O–H groups in total. The van der Waals surface area contributed by atoms with Crippen LogP contribution in [0.2, 0.25) is 0 Å². The summed E-state index contributed by atoms with van der Waals surface area (Å²) < 4.78 is 13.2. The Morgan fingerprint density at radius 1 is 1.53 bits per heavy atom. The van der Waals surface area contributed by atoms with Gasteiger partial charge in [-0.2, -0.15) is 0 Å². The van der Waals surface area contributed by atoms with E-state index in [2.05, 4.69) is 0 Å². The minimum absolute atomic E-state index is 0.00446. The fraction of sp³-hybridized carbons (Fsp3) is 0.533. The molecule has 0 aromatic heterocycles. The van der Waals surface area contributed by atoms with E-state index in [1.807, 2.05) is 4.90 Å². The van der Waals surface area contributed by atoms with Gasteiger partial charge < -0.3 is 10.6 Å². The lowest BCUT2D eigenvalue weighted by Gasteiger charge is -2.32. The fourth-order valence-electron chi connectivity index (χ4n) is 2.68. The van der Waals surface area contributed by atoms with Crippen LogP contribution in [0.25, 0.3) is 0 Å². The molecule has 1 saturated heterocycles. The number of carbonyl (C=O) groups excluding carboxylic acids is 1. The number of aryl methyl sites for hydroxylation is 1. The van der Waals surface area contributed by atoms with Crippen molar-refractivity contribution >= 4 is 5.91 Å². The second-order valence-corrected chi connectivity index (χ2v) is 5.30. The first kappa shape index (κ1) is 14.0. The molecule has 4 heteroatoms. The highest BCUT2D eigenvalue weighted by molar-refractivity contribution is 5.94. The number of piperidine rings is 1. The van der Waals surface area contributed by atoms with Gasteiger partial charge in [0.15, 0.2) is 0 Å². The normalized spacial score (nSPS) is 19.5. The largest absolute Gasteiger partial charge is 0.338 e. The van der Waals surface area contributed by atoms with Gasteiger partial charge in [-0.15, -0.1) is 0 Å². The van der Waals surface area contributed by atoms with E-state index in [1.165, 1.54) is 6.07 Å². The lowest BCUT2D eigenvalue weighted by molar-refractivity contribution is 0.0669. The number of benzene rings is 1. The number of hydrogen-bond donors (Lipinski definition) is 1. The number of nitrogens with two attached hydrogens (primary N) is 1. The van der Waals surface area contributed by atoms with E-state index in [9.17, 15) is 9.18 Å². The molecule has 2 rings (SSSR count). The molecule has 1 heterocycles. The summed E-state index contributed by atoms with van der Waals surface area (Å²) in [5.41, 5.74) is 6.67. The lowest BCUT2D eigenvalue weighted by Crippen LogP contribution is -2.40. The molecule has 0 saturated carbocycles. The third kappa shape index (κ3) is 3.32. The number of amides is 1. The molecule has 1 aliphatic heterocycles. The number of carbonyl (C=O) groups is 1. The van der Waals surface area contributed by atoms with E-state index in [0.717, 1.165) is 32.4 Å². The number of nitrogens with zero attached hydrogens (tertiary/aromatic N) is 1. The summed E-state index contributed by atoms with van der Waals surface area (Å²) >= 11 is 0. The highest BCUT2D eigenvalue weighted by atomic mass is 19.1. The molecule has 19 heavy (non-hydrogen) atoms. The quantitative estimate of drug-likeness (QED) is 0.910. The Morgan fingerprint density at radius 2 is 2.32 bits per heavy atom. The van der Waals surface area contributed by atoms with Crippen molar-refractivity contribution in [2.45, 2.75) is 26.2 Å². The molecule has 104 valence electrons. The Kier molecular flexibility index (Phi) is 4.53. The van der Waals surface area contributed by atoms with Crippen molar-refractivity contribution < 1.29 is 9.18 Å². The molecule has 1 aliphatic rings. The van der Waals surface area contributed by atoms with Gasteiger partial charge in [-0.1, -0.05) is 0 Å². The van der Waals surface area contributed by atoms with Gasteiger partial charge in [-0.3, -0.25) is 4.79 Å². The van der Waals surface area contributed by atoms with Gasteiger partial charge >= 0.3 is 0 Å². The van der Waals surface area contributed by atoms with E-state index in [-0.39, 0.29) is 11.7 Å². The second-order valence-electron chi connectivity index (χ2n) is 5.30. The maximum Gasteiger partial charge on any atom is 0.253 e. The summed E-state index contributed by atoms with van der Waals surface area (Å²) in [5, 5.41) is 0. The average molecular weight is 264 g/mol. The predicted molar refractivity (Wildman–Crippen MR) is 73.4 cm³/mol. The molecule has 0 aliphatic carbocycles. The van der Waals surface area contributed by atoms with Crippen LogP contribution in [0, 0.1) is 18.7 Å². The Hall–Kier alpha value is -1.42. The number of likely N-dealkylation sites (tertiary alicyclic amines) is 1. The van der Waals surface area contributed by atoms with Gasteiger partial charge in [0, 0.05) is 18.7 Å². The third-order valence-electron chi connectivity index (χ3n) is 3.79. The van der Waals surface area contributed by atoms with Crippen molar-refractivity contribution in [2.24, 2.45) is 11.7 Å². The number of hydrogen-bond acceptors (Lipinski definition) is 2. The summed E-state index contributed by atoms with van der Waals surface area (Å²) in [6, 6.07) is 4.56. The van der Waals surface area contributed by atoms with Crippen molar-refractivity contribution in [1.82, 2.24) is 4.90 Å². The molecule has 1 unspecified atom stereocenters. The average Bonchev–Trinajstić information content (AvgIpc) is 2.42. The van der Waals surface area contributed by atoms with E-state index >= 15 is 0 Å². The van der Waals surface area contributed by atoms with Crippen LogP contribution < -0.4 is 5.73 Å². The van der Waals surface area contributed by atoms with Crippen molar-refractivity contribution in [3.63, 3.8) is 0 Å². The molecule has 1 aromatic rings. The van der Waals surface area contributed by atoms with Gasteiger partial charge in [-0.25, -0.2) is 4.39 Å². The van der Waals surface area contributed by atoms with Gasteiger partial charge in [0.05, 0.1) is 0 Å². The minimum Gasteiger partial charge on any atom is -0.338 e. The fourth-order valence-corrected chi connectivity index (χ4v) is 2.68. The topological polar surface area (TPSA) is 46.3 Å². The zero-order chi connectivity index (χ0) is 13.8. The van der Waals surface area contributed by atoms with Crippen LogP contribution in [-0.2, 0) is 0 Å². The number of rotatable bonds is 3. The maximum absolute atomic E-state index is 13.2. The predicted octanol–water partition coefficient (Wildman–Crippen LogP) is 2.34. The van der Waals surface area contributed by atoms with Crippen LogP contribution in [0.15, 0.2) is 18.2 Å². The monoisotopic (exact) mass is 264 g/mol. The molecule has 1 atom stereocenters. The Morgan fingerprint density at radius 3 is 3.00 bits per heavy atom. The van der Waals surface area contributed by atoms with Gasteiger partial charge in [-0.05, 0) is 62.4 Å². The SMILES string of the molecule is Cc1cc(C(=O)N2CCCC(CCN)C2)ccc1F. The minimum atomic E-state index is -0.267. The summed E-state index contributed by atoms with van der Waals surface area (Å²) in [5.74, 6) is 0.241. The molecule has 1 aromatic carbocycles. The van der Waals surface area contributed by atoms with Crippen LogP contribution in [0.1, 0.15) is 35.2 Å². The number of halogens is 1. The van der Waals surface area contributed by atoms with E-state index in [0.29, 0.717) is 23.6 Å².